The molecule has 0 unspecified atom stereocenters. The number of hydrogen-bond donors (Lipinski definition) is 3. The molecule has 4 atom stereocenters. The third-order valence-corrected chi connectivity index (χ3v) is 3.55. The first-order chi connectivity index (χ1) is 10.0. The number of aliphatic hydroxyl groups excluding tert-OH is 2. The van der Waals surface area contributed by atoms with Crippen molar-refractivity contribution in [1.82, 2.24) is 4.90 Å². The van der Waals surface area contributed by atoms with Crippen LogP contribution in [-0.4, -0.2) is 68.5 Å². The van der Waals surface area contributed by atoms with Crippen LogP contribution in [0.25, 0.3) is 0 Å². The fourth-order valence-electron chi connectivity index (χ4n) is 2.26. The predicted octanol–water partition coefficient (Wildman–Crippen LogP) is -0.598. The van der Waals surface area contributed by atoms with E-state index in [1.54, 1.807) is 0 Å². The summed E-state index contributed by atoms with van der Waals surface area (Å²) in [7, 11) is 0. The number of carbonyl (C=O) groups excluding carboxylic acids is 2. The molecule has 3 N–H and O–H groups in total. The van der Waals surface area contributed by atoms with E-state index in [-0.39, 0.29) is 0 Å². The predicted molar refractivity (Wildman–Crippen MR) is 69.7 cm³/mol. The third-order valence-electron chi connectivity index (χ3n) is 3.55. The highest BCUT2D eigenvalue weighted by atomic mass is 19.3. The molecule has 1 fully saturated rings. The quantitative estimate of drug-likeness (QED) is 0.583. The molecule has 0 radical (unpaired) electrons. The second kappa shape index (κ2) is 6.37. The van der Waals surface area contributed by atoms with Crippen molar-refractivity contribution in [1.29, 1.82) is 0 Å². The van der Waals surface area contributed by atoms with E-state index in [1.165, 1.54) is 6.92 Å². The summed E-state index contributed by atoms with van der Waals surface area (Å²) in [5.74, 6) is -1.13. The fraction of sp³-hybridized carbons (Fsp3) is 0.692. The number of halogens is 2. The molecule has 0 saturated carbocycles. The van der Waals surface area contributed by atoms with E-state index in [0.29, 0.717) is 4.90 Å². The number of ketones is 1. The molecule has 0 aromatic rings. The molecule has 0 aliphatic carbocycles. The first kappa shape index (κ1) is 18.6. The van der Waals surface area contributed by atoms with Crippen LogP contribution < -0.4 is 0 Å². The Morgan fingerprint density at radius 3 is 2.27 bits per heavy atom. The zero-order valence-corrected chi connectivity index (χ0v) is 12.4. The summed E-state index contributed by atoms with van der Waals surface area (Å²) < 4.78 is 31.4. The van der Waals surface area contributed by atoms with Gasteiger partial charge < -0.3 is 20.1 Å². The van der Waals surface area contributed by atoms with Gasteiger partial charge in [-0.1, -0.05) is 0 Å². The van der Waals surface area contributed by atoms with Gasteiger partial charge in [-0.3, -0.25) is 14.5 Å². The molecule has 1 aliphatic rings. The smallest absolute Gasteiger partial charge is 0.272 e. The Kier molecular flexibility index (Phi) is 5.39. The van der Waals surface area contributed by atoms with Gasteiger partial charge in [-0.25, -0.2) is 8.78 Å². The molecule has 0 aromatic carbocycles. The molecule has 7 nitrogen and oxygen atoms in total. The molecule has 1 saturated heterocycles. The van der Waals surface area contributed by atoms with Crippen LogP contribution in [0.15, 0.2) is 12.3 Å². The molecule has 0 bridgehead atoms. The molecule has 22 heavy (non-hydrogen) atoms. The van der Waals surface area contributed by atoms with Crippen molar-refractivity contribution < 1.29 is 38.4 Å². The first-order valence-electron chi connectivity index (χ1n) is 6.45. The molecule has 126 valence electrons. The summed E-state index contributed by atoms with van der Waals surface area (Å²) in [6, 6.07) is 0. The third kappa shape index (κ3) is 3.02. The molecule has 1 amide bonds. The summed E-state index contributed by atoms with van der Waals surface area (Å²) in [4.78, 5) is 23.3. The van der Waals surface area contributed by atoms with Gasteiger partial charge in [0.2, 0.25) is 5.91 Å². The van der Waals surface area contributed by atoms with Crippen LogP contribution in [0.4, 0.5) is 8.78 Å². The minimum Gasteiger partial charge on any atom is -0.393 e. The van der Waals surface area contributed by atoms with Crippen LogP contribution in [0, 0.1) is 0 Å². The van der Waals surface area contributed by atoms with Crippen LogP contribution in [0.5, 0.6) is 0 Å². The highest BCUT2D eigenvalue weighted by Gasteiger charge is 2.66. The molecule has 0 spiro atoms. The molecule has 9 heteroatoms. The average molecular weight is 323 g/mol. The van der Waals surface area contributed by atoms with Crippen molar-refractivity contribution in [2.24, 2.45) is 0 Å². The minimum atomic E-state index is -3.31. The maximum atomic E-state index is 13.2. The number of nitrogens with zero attached hydrogens (tertiary/aromatic N) is 1. The van der Waals surface area contributed by atoms with Crippen molar-refractivity contribution in [2.45, 2.75) is 50.7 Å². The lowest BCUT2D eigenvalue weighted by Gasteiger charge is -2.32. The number of ether oxygens (including phenoxy) is 1. The van der Waals surface area contributed by atoms with Gasteiger partial charge in [-0.2, -0.15) is 0 Å². The van der Waals surface area contributed by atoms with Crippen LogP contribution in [-0.2, 0) is 14.3 Å². The van der Waals surface area contributed by atoms with Gasteiger partial charge in [0.25, 0.3) is 6.43 Å². The lowest BCUT2D eigenvalue weighted by Crippen LogP contribution is -2.56. The number of hydrogen-bond acceptors (Lipinski definition) is 6. The van der Waals surface area contributed by atoms with Gasteiger partial charge >= 0.3 is 0 Å². The van der Waals surface area contributed by atoms with Gasteiger partial charge in [0.15, 0.2) is 17.6 Å². The average Bonchev–Trinajstić information content (AvgIpc) is 2.60. The van der Waals surface area contributed by atoms with Crippen molar-refractivity contribution >= 4 is 11.7 Å². The van der Waals surface area contributed by atoms with E-state index in [4.69, 9.17) is 4.74 Å². The SMILES string of the molecule is CC(=O)/C=C\N(C(C)=O)[C@@H]1O[C@@](CO)(C(F)F)[C@@H](O)[C@@]1(C)O. The summed E-state index contributed by atoms with van der Waals surface area (Å²) in [5, 5.41) is 29.5. The van der Waals surface area contributed by atoms with Crippen molar-refractivity contribution in [3.63, 3.8) is 0 Å². The second-order valence-corrected chi connectivity index (χ2v) is 5.37. The Hall–Kier alpha value is -1.42. The van der Waals surface area contributed by atoms with E-state index < -0.39 is 48.3 Å². The van der Waals surface area contributed by atoms with Crippen LogP contribution >= 0.6 is 0 Å². The maximum Gasteiger partial charge on any atom is 0.272 e. The summed E-state index contributed by atoms with van der Waals surface area (Å²) in [6.45, 7) is 2.01. The number of amides is 1. The van der Waals surface area contributed by atoms with Crippen LogP contribution in [0.2, 0.25) is 0 Å². The van der Waals surface area contributed by atoms with E-state index >= 15 is 0 Å². The number of rotatable bonds is 5. The van der Waals surface area contributed by atoms with E-state index in [1.807, 2.05) is 0 Å². The lowest BCUT2D eigenvalue weighted by molar-refractivity contribution is -0.202. The summed E-state index contributed by atoms with van der Waals surface area (Å²) in [5.41, 5.74) is -5.02. The van der Waals surface area contributed by atoms with Gasteiger partial charge in [0.05, 0.1) is 6.61 Å². The van der Waals surface area contributed by atoms with Gasteiger partial charge in [-0.05, 0) is 19.9 Å². The highest BCUT2D eigenvalue weighted by molar-refractivity contribution is 5.88. The topological polar surface area (TPSA) is 107 Å². The second-order valence-electron chi connectivity index (χ2n) is 5.37. The highest BCUT2D eigenvalue weighted by Crippen LogP contribution is 2.43. The monoisotopic (exact) mass is 323 g/mol. The molecule has 0 aromatic heterocycles. The van der Waals surface area contributed by atoms with Gasteiger partial charge in [-0.15, -0.1) is 0 Å². The standard InChI is InChI=1S/C13H19F2NO6/c1-7(18)4-5-16(8(2)19)11-12(3,21)9(20)13(6-17,22-11)10(14)15/h4-5,9-11,17,20-21H,6H2,1-3H3/b5-4-/t9-,11+,12+,13+/m0/s1. The van der Waals surface area contributed by atoms with Crippen LogP contribution in [0.3, 0.4) is 0 Å². The normalized spacial score (nSPS) is 35.3. The fourth-order valence-corrected chi connectivity index (χ4v) is 2.26. The van der Waals surface area contributed by atoms with Gasteiger partial charge in [0, 0.05) is 13.1 Å². The number of carbonyl (C=O) groups is 2. The zero-order chi connectivity index (χ0) is 17.3. The molecule has 1 heterocycles. The Bertz CT molecular complexity index is 481. The van der Waals surface area contributed by atoms with E-state index in [9.17, 15) is 33.7 Å². The maximum absolute atomic E-state index is 13.2. The summed E-state index contributed by atoms with van der Waals surface area (Å²) >= 11 is 0. The molecular weight excluding hydrogens is 304 g/mol. The first-order valence-corrected chi connectivity index (χ1v) is 6.45. The van der Waals surface area contributed by atoms with Crippen molar-refractivity contribution in [2.75, 3.05) is 6.61 Å². The Balaban J connectivity index is 3.27. The summed E-state index contributed by atoms with van der Waals surface area (Å²) in [6.07, 6.45) is -5.21. The lowest BCUT2D eigenvalue weighted by atomic mass is 9.87. The van der Waals surface area contributed by atoms with E-state index in [0.717, 1.165) is 26.1 Å². The van der Waals surface area contributed by atoms with Crippen molar-refractivity contribution in [3.05, 3.63) is 12.3 Å². The Morgan fingerprint density at radius 2 is 1.95 bits per heavy atom. The Labute approximate surface area is 125 Å². The van der Waals surface area contributed by atoms with Crippen LogP contribution in [0.1, 0.15) is 20.8 Å². The molecule has 1 rings (SSSR count). The molecular formula is C13H19F2NO6. The largest absolute Gasteiger partial charge is 0.393 e. The Morgan fingerprint density at radius 1 is 1.41 bits per heavy atom. The zero-order valence-electron chi connectivity index (χ0n) is 12.4. The molecule has 1 aliphatic heterocycles. The van der Waals surface area contributed by atoms with Gasteiger partial charge in [0.1, 0.15) is 11.7 Å². The number of allylic oxidation sites excluding steroid dienone is 1. The number of aliphatic hydroxyl groups is 3. The van der Waals surface area contributed by atoms with E-state index in [2.05, 4.69) is 0 Å². The minimum absolute atomic E-state index is 0.424. The number of alkyl halides is 2. The van der Waals surface area contributed by atoms with Crippen molar-refractivity contribution in [3.8, 4) is 0 Å².